The summed E-state index contributed by atoms with van der Waals surface area (Å²) in [6, 6.07) is 0. The van der Waals surface area contributed by atoms with Gasteiger partial charge in [-0.3, -0.25) is 14.5 Å². The minimum atomic E-state index is -0.822. The number of carbonyl (C=O) groups is 2. The highest BCUT2D eigenvalue weighted by Crippen LogP contribution is 2.19. The van der Waals surface area contributed by atoms with Gasteiger partial charge in [0.15, 0.2) is 0 Å². The molecule has 0 spiro atoms. The van der Waals surface area contributed by atoms with Gasteiger partial charge in [0.2, 0.25) is 5.91 Å². The Kier molecular flexibility index (Phi) is 3.34. The molecule has 1 fully saturated rings. The zero-order chi connectivity index (χ0) is 11.6. The maximum atomic E-state index is 11.6. The van der Waals surface area contributed by atoms with Gasteiger partial charge in [-0.15, -0.1) is 0 Å². The second-order valence-electron chi connectivity index (χ2n) is 4.50. The maximum Gasteiger partial charge on any atom is 0.307 e. The molecule has 1 unspecified atom stereocenters. The molecule has 0 aromatic rings. The predicted octanol–water partition coefficient (Wildman–Crippen LogP) is -0.0825. The first-order valence-corrected chi connectivity index (χ1v) is 5.12. The Morgan fingerprint density at radius 3 is 2.80 bits per heavy atom. The van der Waals surface area contributed by atoms with Gasteiger partial charge in [0.1, 0.15) is 0 Å². The summed E-state index contributed by atoms with van der Waals surface area (Å²) in [4.78, 5) is 24.2. The number of carboxylic acids is 1. The highest BCUT2D eigenvalue weighted by molar-refractivity contribution is 5.86. The van der Waals surface area contributed by atoms with Gasteiger partial charge in [-0.05, 0) is 13.8 Å². The molecule has 0 aromatic carbocycles. The van der Waals surface area contributed by atoms with Gasteiger partial charge in [-0.25, -0.2) is 0 Å². The number of nitrogens with one attached hydrogen (secondary N) is 1. The van der Waals surface area contributed by atoms with E-state index < -0.39 is 17.4 Å². The highest BCUT2D eigenvalue weighted by atomic mass is 16.4. The van der Waals surface area contributed by atoms with Crippen LogP contribution in [0.15, 0.2) is 0 Å². The summed E-state index contributed by atoms with van der Waals surface area (Å²) in [5, 5.41) is 11.6. The quantitative estimate of drug-likeness (QED) is 0.689. The third kappa shape index (κ3) is 2.47. The van der Waals surface area contributed by atoms with Gasteiger partial charge in [-0.2, -0.15) is 0 Å². The van der Waals surface area contributed by atoms with Crippen LogP contribution < -0.4 is 5.32 Å². The number of hydrogen-bond donors (Lipinski definition) is 2. The SMILES string of the molecule is CC(CN1CCNC(=O)C1(C)C)C(=O)O. The molecule has 86 valence electrons. The minimum Gasteiger partial charge on any atom is -0.481 e. The summed E-state index contributed by atoms with van der Waals surface area (Å²) >= 11 is 0. The van der Waals surface area contributed by atoms with Crippen molar-refractivity contribution in [1.29, 1.82) is 0 Å². The normalized spacial score (nSPS) is 23.3. The van der Waals surface area contributed by atoms with Gasteiger partial charge in [0, 0.05) is 19.6 Å². The third-order valence-corrected chi connectivity index (χ3v) is 2.93. The number of rotatable bonds is 3. The van der Waals surface area contributed by atoms with Crippen molar-refractivity contribution >= 4 is 11.9 Å². The van der Waals surface area contributed by atoms with Crippen LogP contribution in [0.2, 0.25) is 0 Å². The van der Waals surface area contributed by atoms with Crippen molar-refractivity contribution in [2.45, 2.75) is 26.3 Å². The molecule has 15 heavy (non-hydrogen) atoms. The molecule has 0 bridgehead atoms. The van der Waals surface area contributed by atoms with E-state index in [0.29, 0.717) is 19.6 Å². The molecule has 0 radical (unpaired) electrons. The van der Waals surface area contributed by atoms with Crippen LogP contribution in [0.1, 0.15) is 20.8 Å². The molecule has 1 heterocycles. The van der Waals surface area contributed by atoms with Crippen LogP contribution in [0.3, 0.4) is 0 Å². The van der Waals surface area contributed by atoms with Gasteiger partial charge in [0.25, 0.3) is 0 Å². The Bertz CT molecular complexity index is 276. The van der Waals surface area contributed by atoms with Crippen molar-refractivity contribution in [3.05, 3.63) is 0 Å². The third-order valence-electron chi connectivity index (χ3n) is 2.93. The van der Waals surface area contributed by atoms with Crippen LogP contribution in [-0.4, -0.2) is 47.1 Å². The van der Waals surface area contributed by atoms with E-state index in [9.17, 15) is 9.59 Å². The van der Waals surface area contributed by atoms with Crippen molar-refractivity contribution in [3.63, 3.8) is 0 Å². The van der Waals surface area contributed by atoms with Gasteiger partial charge in [0.05, 0.1) is 11.5 Å². The lowest BCUT2D eigenvalue weighted by Crippen LogP contribution is -2.62. The monoisotopic (exact) mass is 214 g/mol. The Labute approximate surface area is 89.4 Å². The first-order valence-electron chi connectivity index (χ1n) is 5.12. The lowest BCUT2D eigenvalue weighted by atomic mass is 9.97. The predicted molar refractivity (Wildman–Crippen MR) is 55.5 cm³/mol. The smallest absolute Gasteiger partial charge is 0.307 e. The second kappa shape index (κ2) is 4.18. The standard InChI is InChI=1S/C10H18N2O3/c1-7(8(13)14)6-12-5-4-11-9(15)10(12,2)3/h7H,4-6H2,1-3H3,(H,11,15)(H,13,14). The highest BCUT2D eigenvalue weighted by Gasteiger charge is 2.38. The van der Waals surface area contributed by atoms with Crippen molar-refractivity contribution in [1.82, 2.24) is 10.2 Å². The fourth-order valence-corrected chi connectivity index (χ4v) is 1.67. The van der Waals surface area contributed by atoms with E-state index >= 15 is 0 Å². The molecule has 1 atom stereocenters. The van der Waals surface area contributed by atoms with Crippen LogP contribution in [0, 0.1) is 5.92 Å². The Balaban J connectivity index is 2.68. The Hall–Kier alpha value is -1.10. The Morgan fingerprint density at radius 1 is 1.67 bits per heavy atom. The summed E-state index contributed by atoms with van der Waals surface area (Å²) in [5.41, 5.74) is -0.609. The molecule has 1 aliphatic heterocycles. The van der Waals surface area contributed by atoms with Gasteiger partial charge < -0.3 is 10.4 Å². The summed E-state index contributed by atoms with van der Waals surface area (Å²) in [6.07, 6.45) is 0. The van der Waals surface area contributed by atoms with Crippen molar-refractivity contribution in [2.24, 2.45) is 5.92 Å². The van der Waals surface area contributed by atoms with E-state index in [2.05, 4.69) is 5.32 Å². The number of carboxylic acid groups (broad SMARTS) is 1. The van der Waals surface area contributed by atoms with Crippen LogP contribution in [-0.2, 0) is 9.59 Å². The zero-order valence-corrected chi connectivity index (χ0v) is 9.41. The summed E-state index contributed by atoms with van der Waals surface area (Å²) in [6.45, 7) is 7.00. The summed E-state index contributed by atoms with van der Waals surface area (Å²) in [7, 11) is 0. The molecule has 0 aromatic heterocycles. The van der Waals surface area contributed by atoms with Crippen LogP contribution in [0.4, 0.5) is 0 Å². The van der Waals surface area contributed by atoms with Crippen LogP contribution >= 0.6 is 0 Å². The molecule has 1 saturated heterocycles. The minimum absolute atomic E-state index is 0.0358. The largest absolute Gasteiger partial charge is 0.481 e. The molecular weight excluding hydrogens is 196 g/mol. The maximum absolute atomic E-state index is 11.6. The van der Waals surface area contributed by atoms with E-state index in [1.807, 2.05) is 18.7 Å². The number of amides is 1. The van der Waals surface area contributed by atoms with Gasteiger partial charge in [-0.1, -0.05) is 6.92 Å². The number of aliphatic carboxylic acids is 1. The molecule has 2 N–H and O–H groups in total. The zero-order valence-electron chi connectivity index (χ0n) is 9.41. The molecule has 1 amide bonds. The average Bonchev–Trinajstić information content (AvgIpc) is 2.13. The first-order chi connectivity index (χ1) is 6.85. The number of piperazine rings is 1. The molecule has 0 aliphatic carbocycles. The van der Waals surface area contributed by atoms with Crippen molar-refractivity contribution < 1.29 is 14.7 Å². The summed E-state index contributed by atoms with van der Waals surface area (Å²) < 4.78 is 0. The summed E-state index contributed by atoms with van der Waals surface area (Å²) in [5.74, 6) is -1.31. The van der Waals surface area contributed by atoms with E-state index in [1.54, 1.807) is 6.92 Å². The molecular formula is C10H18N2O3. The lowest BCUT2D eigenvalue weighted by Gasteiger charge is -2.41. The van der Waals surface area contributed by atoms with Crippen molar-refractivity contribution in [3.8, 4) is 0 Å². The van der Waals surface area contributed by atoms with E-state index in [4.69, 9.17) is 5.11 Å². The number of hydrogen-bond acceptors (Lipinski definition) is 3. The van der Waals surface area contributed by atoms with E-state index in [-0.39, 0.29) is 5.91 Å². The fraction of sp³-hybridized carbons (Fsp3) is 0.800. The number of nitrogens with zero attached hydrogens (tertiary/aromatic N) is 1. The molecule has 5 nitrogen and oxygen atoms in total. The van der Waals surface area contributed by atoms with E-state index in [0.717, 1.165) is 0 Å². The molecule has 0 saturated carbocycles. The molecule has 1 aliphatic rings. The van der Waals surface area contributed by atoms with Gasteiger partial charge >= 0.3 is 5.97 Å². The topological polar surface area (TPSA) is 69.6 Å². The lowest BCUT2D eigenvalue weighted by molar-refractivity contribution is -0.145. The van der Waals surface area contributed by atoms with Crippen LogP contribution in [0.25, 0.3) is 0 Å². The second-order valence-corrected chi connectivity index (χ2v) is 4.50. The first kappa shape index (κ1) is 12.0. The van der Waals surface area contributed by atoms with Crippen LogP contribution in [0.5, 0.6) is 0 Å². The number of carbonyl (C=O) groups excluding carboxylic acids is 1. The Morgan fingerprint density at radius 2 is 2.27 bits per heavy atom. The molecule has 1 rings (SSSR count). The fourth-order valence-electron chi connectivity index (χ4n) is 1.67. The van der Waals surface area contributed by atoms with E-state index in [1.165, 1.54) is 0 Å². The van der Waals surface area contributed by atoms with Crippen molar-refractivity contribution in [2.75, 3.05) is 19.6 Å². The average molecular weight is 214 g/mol. The molecule has 5 heteroatoms.